The maximum absolute atomic E-state index is 12.1. The monoisotopic (exact) mass is 382 g/mol. The molecule has 0 atom stereocenters. The first-order valence-electron chi connectivity index (χ1n) is 7.82. The summed E-state index contributed by atoms with van der Waals surface area (Å²) in [6, 6.07) is 12.8. The normalized spacial score (nSPS) is 16.4. The molecular weight excluding hydrogens is 368 g/mol. The minimum absolute atomic E-state index is 0.00867. The zero-order chi connectivity index (χ0) is 19.4. The van der Waals surface area contributed by atoms with Crippen molar-refractivity contribution in [2.45, 2.75) is 6.92 Å². The number of nitro groups is 1. The van der Waals surface area contributed by atoms with Crippen molar-refractivity contribution >= 4 is 51.9 Å². The van der Waals surface area contributed by atoms with Crippen LogP contribution in [0.25, 0.3) is 6.08 Å². The van der Waals surface area contributed by atoms with E-state index in [4.69, 9.17) is 0 Å². The van der Waals surface area contributed by atoms with Crippen LogP contribution in [0.4, 0.5) is 17.1 Å². The molecule has 2 N–H and O–H groups in total. The first-order valence-corrected chi connectivity index (χ1v) is 8.64. The van der Waals surface area contributed by atoms with Gasteiger partial charge in [0.25, 0.3) is 11.6 Å². The average molecular weight is 382 g/mol. The Balaban J connectivity index is 1.73. The van der Waals surface area contributed by atoms with E-state index >= 15 is 0 Å². The molecule has 2 amide bonds. The Kier molecular flexibility index (Phi) is 5.32. The summed E-state index contributed by atoms with van der Waals surface area (Å²) in [5, 5.41) is 16.5. The maximum atomic E-state index is 12.1. The second-order valence-electron chi connectivity index (χ2n) is 5.56. The van der Waals surface area contributed by atoms with Crippen molar-refractivity contribution in [3.8, 4) is 0 Å². The molecule has 2 aromatic rings. The number of amides is 2. The molecule has 1 aliphatic heterocycles. The highest BCUT2D eigenvalue weighted by molar-refractivity contribution is 8.18. The van der Waals surface area contributed by atoms with E-state index in [2.05, 4.69) is 15.6 Å². The highest BCUT2D eigenvalue weighted by Crippen LogP contribution is 2.28. The van der Waals surface area contributed by atoms with Crippen LogP contribution < -0.4 is 10.6 Å². The molecule has 1 aliphatic rings. The van der Waals surface area contributed by atoms with E-state index in [1.165, 1.54) is 30.8 Å². The van der Waals surface area contributed by atoms with Gasteiger partial charge in [-0.3, -0.25) is 19.7 Å². The Morgan fingerprint density at radius 1 is 1.19 bits per heavy atom. The van der Waals surface area contributed by atoms with Crippen molar-refractivity contribution in [1.82, 2.24) is 5.32 Å². The minimum atomic E-state index is -0.476. The van der Waals surface area contributed by atoms with E-state index in [-0.39, 0.29) is 17.5 Å². The van der Waals surface area contributed by atoms with Crippen molar-refractivity contribution in [3.63, 3.8) is 0 Å². The molecule has 0 saturated carbocycles. The van der Waals surface area contributed by atoms with Gasteiger partial charge in [-0.15, -0.1) is 0 Å². The molecule has 1 saturated heterocycles. The van der Waals surface area contributed by atoms with Gasteiger partial charge in [0, 0.05) is 24.7 Å². The zero-order valence-corrected chi connectivity index (χ0v) is 14.9. The standard InChI is InChI=1S/C18H14N4O4S/c1-11(23)19-13-4-6-14(7-5-13)20-18-21-17(24)16(27-18)10-12-2-8-15(9-3-12)22(25)26/h2-10H,1H3,(H,19,23)(H,20,21,24). The third-order valence-electron chi connectivity index (χ3n) is 3.47. The zero-order valence-electron chi connectivity index (χ0n) is 14.1. The van der Waals surface area contributed by atoms with Crippen LogP contribution in [0.15, 0.2) is 58.4 Å². The molecule has 0 bridgehead atoms. The van der Waals surface area contributed by atoms with E-state index < -0.39 is 4.92 Å². The van der Waals surface area contributed by atoms with Gasteiger partial charge in [-0.2, -0.15) is 0 Å². The first kappa shape index (κ1) is 18.3. The van der Waals surface area contributed by atoms with Gasteiger partial charge in [0.15, 0.2) is 5.17 Å². The summed E-state index contributed by atoms with van der Waals surface area (Å²) in [6.07, 6.45) is 1.64. The van der Waals surface area contributed by atoms with Crippen LogP contribution in [-0.2, 0) is 9.59 Å². The van der Waals surface area contributed by atoms with Crippen molar-refractivity contribution in [2.24, 2.45) is 4.99 Å². The fraction of sp³-hybridized carbons (Fsp3) is 0.0556. The molecule has 27 heavy (non-hydrogen) atoms. The topological polar surface area (TPSA) is 114 Å². The molecule has 1 fully saturated rings. The van der Waals surface area contributed by atoms with Gasteiger partial charge in [-0.1, -0.05) is 0 Å². The van der Waals surface area contributed by atoms with Crippen molar-refractivity contribution in [1.29, 1.82) is 0 Å². The number of amidine groups is 1. The summed E-state index contributed by atoms with van der Waals surface area (Å²) in [6.45, 7) is 1.43. The molecule has 0 aliphatic carbocycles. The molecule has 0 aromatic heterocycles. The summed E-state index contributed by atoms with van der Waals surface area (Å²) < 4.78 is 0. The summed E-state index contributed by atoms with van der Waals surface area (Å²) in [5.41, 5.74) is 1.96. The molecular formula is C18H14N4O4S. The number of hydrogen-bond acceptors (Lipinski definition) is 6. The molecule has 0 unspecified atom stereocenters. The lowest BCUT2D eigenvalue weighted by molar-refractivity contribution is -0.384. The van der Waals surface area contributed by atoms with Crippen LogP contribution in [0.5, 0.6) is 0 Å². The molecule has 9 heteroatoms. The SMILES string of the molecule is CC(=O)Nc1ccc(N=C2NC(=O)C(=Cc3ccc([N+](=O)[O-])cc3)S2)cc1. The van der Waals surface area contributed by atoms with E-state index in [1.54, 1.807) is 42.5 Å². The molecule has 1 heterocycles. The van der Waals surface area contributed by atoms with Gasteiger partial charge >= 0.3 is 0 Å². The Labute approximate surface area is 158 Å². The number of benzene rings is 2. The number of thioether (sulfide) groups is 1. The van der Waals surface area contributed by atoms with Crippen LogP contribution in [0, 0.1) is 10.1 Å². The number of nitrogens with one attached hydrogen (secondary N) is 2. The number of nitro benzene ring substituents is 1. The second-order valence-corrected chi connectivity index (χ2v) is 6.59. The number of aliphatic imine (C=N–C) groups is 1. The number of rotatable bonds is 4. The third-order valence-corrected chi connectivity index (χ3v) is 4.38. The van der Waals surface area contributed by atoms with Gasteiger partial charge in [-0.25, -0.2) is 4.99 Å². The first-order chi connectivity index (χ1) is 12.9. The Bertz CT molecular complexity index is 966. The van der Waals surface area contributed by atoms with Gasteiger partial charge < -0.3 is 10.6 Å². The lowest BCUT2D eigenvalue weighted by atomic mass is 10.2. The summed E-state index contributed by atoms with van der Waals surface area (Å²) in [5.74, 6) is -0.444. The third kappa shape index (κ3) is 4.79. The van der Waals surface area contributed by atoms with Crippen LogP contribution in [0.2, 0.25) is 0 Å². The van der Waals surface area contributed by atoms with Gasteiger partial charge in [0.2, 0.25) is 5.91 Å². The summed E-state index contributed by atoms with van der Waals surface area (Å²) in [4.78, 5) is 38.1. The Hall–Kier alpha value is -3.46. The van der Waals surface area contributed by atoms with Crippen LogP contribution in [-0.4, -0.2) is 21.9 Å². The highest BCUT2D eigenvalue weighted by atomic mass is 32.2. The minimum Gasteiger partial charge on any atom is -0.326 e. The highest BCUT2D eigenvalue weighted by Gasteiger charge is 2.23. The smallest absolute Gasteiger partial charge is 0.269 e. The molecule has 2 aromatic carbocycles. The summed E-state index contributed by atoms with van der Waals surface area (Å²) >= 11 is 1.18. The predicted octanol–water partition coefficient (Wildman–Crippen LogP) is 3.44. The van der Waals surface area contributed by atoms with E-state index in [0.717, 1.165) is 0 Å². The Morgan fingerprint density at radius 2 is 1.85 bits per heavy atom. The van der Waals surface area contributed by atoms with Crippen molar-refractivity contribution < 1.29 is 14.5 Å². The number of non-ortho nitro benzene ring substituents is 1. The molecule has 0 spiro atoms. The van der Waals surface area contributed by atoms with Gasteiger partial charge in [0.05, 0.1) is 15.5 Å². The lowest BCUT2D eigenvalue weighted by Crippen LogP contribution is -2.19. The van der Waals surface area contributed by atoms with Crippen molar-refractivity contribution in [2.75, 3.05) is 5.32 Å². The molecule has 0 radical (unpaired) electrons. The van der Waals surface area contributed by atoms with E-state index in [0.29, 0.717) is 27.0 Å². The molecule has 3 rings (SSSR count). The quantitative estimate of drug-likeness (QED) is 0.478. The van der Waals surface area contributed by atoms with Gasteiger partial charge in [-0.05, 0) is 59.8 Å². The van der Waals surface area contributed by atoms with Crippen LogP contribution >= 0.6 is 11.8 Å². The van der Waals surface area contributed by atoms with Gasteiger partial charge in [0.1, 0.15) is 0 Å². The number of nitrogens with zero attached hydrogens (tertiary/aromatic N) is 2. The number of carbonyl (C=O) groups is 2. The van der Waals surface area contributed by atoms with E-state index in [9.17, 15) is 19.7 Å². The number of carbonyl (C=O) groups excluding carboxylic acids is 2. The fourth-order valence-electron chi connectivity index (χ4n) is 2.26. The lowest BCUT2D eigenvalue weighted by Gasteiger charge is -2.02. The second kappa shape index (κ2) is 7.83. The maximum Gasteiger partial charge on any atom is 0.269 e. The fourth-order valence-corrected chi connectivity index (χ4v) is 3.11. The largest absolute Gasteiger partial charge is 0.326 e. The number of hydrogen-bond donors (Lipinski definition) is 2. The summed E-state index contributed by atoms with van der Waals surface area (Å²) in [7, 11) is 0. The van der Waals surface area contributed by atoms with Crippen LogP contribution in [0.1, 0.15) is 12.5 Å². The molecule has 136 valence electrons. The van der Waals surface area contributed by atoms with E-state index in [1.807, 2.05) is 0 Å². The average Bonchev–Trinajstić information content (AvgIpc) is 2.96. The predicted molar refractivity (Wildman–Crippen MR) is 105 cm³/mol. The molecule has 8 nitrogen and oxygen atoms in total. The van der Waals surface area contributed by atoms with Crippen molar-refractivity contribution in [3.05, 3.63) is 69.1 Å². The Morgan fingerprint density at radius 3 is 2.44 bits per heavy atom. The number of anilines is 1. The van der Waals surface area contributed by atoms with Crippen LogP contribution in [0.3, 0.4) is 0 Å².